The molecule has 0 spiro atoms. The van der Waals surface area contributed by atoms with Gasteiger partial charge in [0.2, 0.25) is 0 Å². The number of H-pyrrole nitrogens is 1. The predicted molar refractivity (Wildman–Crippen MR) is 112 cm³/mol. The summed E-state index contributed by atoms with van der Waals surface area (Å²) in [5.74, 6) is 2.41. The SMILES string of the molecule is O=c1[nH]c(-c2ccccc2)nc2c1CN(Cc1ccc(-c3ccccc3)o1)CC2. The third-order valence-corrected chi connectivity index (χ3v) is 5.29. The molecule has 0 radical (unpaired) electrons. The second-order valence-electron chi connectivity index (χ2n) is 7.30. The summed E-state index contributed by atoms with van der Waals surface area (Å²) >= 11 is 0. The lowest BCUT2D eigenvalue weighted by Gasteiger charge is -2.26. The Morgan fingerprint density at radius 1 is 0.931 bits per heavy atom. The molecule has 5 nitrogen and oxygen atoms in total. The highest BCUT2D eigenvalue weighted by Gasteiger charge is 2.22. The quantitative estimate of drug-likeness (QED) is 0.572. The molecule has 4 aromatic rings. The fourth-order valence-electron chi connectivity index (χ4n) is 3.79. The maximum Gasteiger partial charge on any atom is 0.255 e. The molecule has 29 heavy (non-hydrogen) atoms. The Labute approximate surface area is 168 Å². The molecule has 0 bridgehead atoms. The molecule has 0 unspecified atom stereocenters. The van der Waals surface area contributed by atoms with Crippen molar-refractivity contribution >= 4 is 0 Å². The molecular formula is C24H21N3O2. The molecule has 2 aromatic heterocycles. The number of nitrogens with one attached hydrogen (secondary N) is 1. The topological polar surface area (TPSA) is 62.1 Å². The van der Waals surface area contributed by atoms with Crippen LogP contribution in [0.15, 0.2) is 82.0 Å². The van der Waals surface area contributed by atoms with Crippen molar-refractivity contribution < 1.29 is 4.42 Å². The number of nitrogens with zero attached hydrogens (tertiary/aromatic N) is 2. The van der Waals surface area contributed by atoms with E-state index in [1.807, 2.05) is 72.8 Å². The number of hydrogen-bond donors (Lipinski definition) is 1. The molecule has 5 rings (SSSR count). The van der Waals surface area contributed by atoms with Gasteiger partial charge in [0.05, 0.1) is 17.8 Å². The first kappa shape index (κ1) is 17.6. The van der Waals surface area contributed by atoms with E-state index in [0.29, 0.717) is 18.9 Å². The van der Waals surface area contributed by atoms with Gasteiger partial charge in [0.1, 0.15) is 17.3 Å². The Morgan fingerprint density at radius 2 is 1.66 bits per heavy atom. The van der Waals surface area contributed by atoms with Crippen LogP contribution in [-0.2, 0) is 19.5 Å². The maximum atomic E-state index is 12.7. The minimum Gasteiger partial charge on any atom is -0.460 e. The van der Waals surface area contributed by atoms with E-state index in [2.05, 4.69) is 9.88 Å². The van der Waals surface area contributed by atoms with E-state index in [1.54, 1.807) is 0 Å². The highest BCUT2D eigenvalue weighted by Crippen LogP contribution is 2.24. The third kappa shape index (κ3) is 3.65. The van der Waals surface area contributed by atoms with Crippen LogP contribution in [0.1, 0.15) is 17.0 Å². The van der Waals surface area contributed by atoms with E-state index < -0.39 is 0 Å². The van der Waals surface area contributed by atoms with Crippen LogP contribution in [0, 0.1) is 0 Å². The first-order valence-electron chi connectivity index (χ1n) is 9.80. The molecule has 1 aliphatic heterocycles. The van der Waals surface area contributed by atoms with Crippen molar-refractivity contribution in [1.29, 1.82) is 0 Å². The van der Waals surface area contributed by atoms with Crippen molar-refractivity contribution in [2.45, 2.75) is 19.5 Å². The van der Waals surface area contributed by atoms with Crippen molar-refractivity contribution in [3.05, 3.63) is 100 Å². The summed E-state index contributed by atoms with van der Waals surface area (Å²) < 4.78 is 6.02. The molecule has 144 valence electrons. The standard InChI is InChI=1S/C24H21N3O2/c28-24-20-16-27(15-19-11-12-22(29-19)17-7-3-1-4-8-17)14-13-21(20)25-23(26-24)18-9-5-2-6-10-18/h1-12H,13-16H2,(H,25,26,28). The monoisotopic (exact) mass is 383 g/mol. The van der Waals surface area contributed by atoms with Gasteiger partial charge in [0, 0.05) is 30.6 Å². The summed E-state index contributed by atoms with van der Waals surface area (Å²) in [6.07, 6.45) is 0.755. The van der Waals surface area contributed by atoms with Gasteiger partial charge in [-0.2, -0.15) is 0 Å². The van der Waals surface area contributed by atoms with Gasteiger partial charge in [-0.25, -0.2) is 4.98 Å². The smallest absolute Gasteiger partial charge is 0.255 e. The molecule has 0 aliphatic carbocycles. The average Bonchev–Trinajstić information content (AvgIpc) is 3.24. The van der Waals surface area contributed by atoms with Crippen molar-refractivity contribution in [3.8, 4) is 22.7 Å². The maximum absolute atomic E-state index is 12.7. The Kier molecular flexibility index (Phi) is 4.58. The zero-order valence-corrected chi connectivity index (χ0v) is 16.0. The molecule has 0 saturated carbocycles. The lowest BCUT2D eigenvalue weighted by molar-refractivity contribution is 0.223. The van der Waals surface area contributed by atoms with Crippen LogP contribution < -0.4 is 5.56 Å². The molecule has 0 atom stereocenters. The Morgan fingerprint density at radius 3 is 2.41 bits per heavy atom. The van der Waals surface area contributed by atoms with Gasteiger partial charge < -0.3 is 9.40 Å². The third-order valence-electron chi connectivity index (χ3n) is 5.29. The summed E-state index contributed by atoms with van der Waals surface area (Å²) in [5.41, 5.74) is 3.60. The van der Waals surface area contributed by atoms with E-state index in [1.165, 1.54) is 0 Å². The first-order chi connectivity index (χ1) is 14.3. The number of fused-ring (bicyclic) bond motifs is 1. The molecule has 0 amide bonds. The lowest BCUT2D eigenvalue weighted by Crippen LogP contribution is -2.35. The average molecular weight is 383 g/mol. The highest BCUT2D eigenvalue weighted by molar-refractivity contribution is 5.57. The molecule has 5 heteroatoms. The van der Waals surface area contributed by atoms with E-state index in [4.69, 9.17) is 9.40 Å². The Balaban J connectivity index is 1.34. The molecule has 1 aliphatic rings. The fourth-order valence-corrected chi connectivity index (χ4v) is 3.79. The van der Waals surface area contributed by atoms with E-state index in [9.17, 15) is 4.79 Å². The van der Waals surface area contributed by atoms with Gasteiger partial charge in [-0.1, -0.05) is 60.7 Å². The molecule has 0 saturated heterocycles. The van der Waals surface area contributed by atoms with Crippen LogP contribution in [0.3, 0.4) is 0 Å². The minimum absolute atomic E-state index is 0.0528. The van der Waals surface area contributed by atoms with Crippen molar-refractivity contribution in [2.75, 3.05) is 6.54 Å². The van der Waals surface area contributed by atoms with Crippen LogP contribution in [0.4, 0.5) is 0 Å². The minimum atomic E-state index is -0.0528. The van der Waals surface area contributed by atoms with Gasteiger partial charge >= 0.3 is 0 Å². The van der Waals surface area contributed by atoms with Crippen LogP contribution in [0.5, 0.6) is 0 Å². The zero-order valence-electron chi connectivity index (χ0n) is 16.0. The Bertz CT molecular complexity index is 1180. The van der Waals surface area contributed by atoms with Crippen molar-refractivity contribution in [2.24, 2.45) is 0 Å². The summed E-state index contributed by atoms with van der Waals surface area (Å²) in [4.78, 5) is 22.6. The summed E-state index contributed by atoms with van der Waals surface area (Å²) in [6, 6.07) is 23.9. The molecule has 0 fully saturated rings. The Hall–Kier alpha value is -3.44. The summed E-state index contributed by atoms with van der Waals surface area (Å²) in [6.45, 7) is 2.10. The van der Waals surface area contributed by atoms with Crippen LogP contribution in [-0.4, -0.2) is 21.4 Å². The molecule has 1 N–H and O–H groups in total. The highest BCUT2D eigenvalue weighted by atomic mass is 16.3. The predicted octanol–water partition coefficient (Wildman–Crippen LogP) is 4.26. The number of benzene rings is 2. The lowest BCUT2D eigenvalue weighted by atomic mass is 10.1. The van der Waals surface area contributed by atoms with Gasteiger partial charge in [-0.05, 0) is 12.1 Å². The largest absolute Gasteiger partial charge is 0.460 e. The zero-order chi connectivity index (χ0) is 19.6. The number of aromatic nitrogens is 2. The molecule has 3 heterocycles. The van der Waals surface area contributed by atoms with Gasteiger partial charge in [-0.3, -0.25) is 9.69 Å². The summed E-state index contributed by atoms with van der Waals surface area (Å²) in [5, 5.41) is 0. The number of hydrogen-bond acceptors (Lipinski definition) is 4. The number of aromatic amines is 1. The van der Waals surface area contributed by atoms with Crippen molar-refractivity contribution in [1.82, 2.24) is 14.9 Å². The van der Waals surface area contributed by atoms with Gasteiger partial charge in [-0.15, -0.1) is 0 Å². The van der Waals surface area contributed by atoms with Gasteiger partial charge in [0.25, 0.3) is 5.56 Å². The summed E-state index contributed by atoms with van der Waals surface area (Å²) in [7, 11) is 0. The van der Waals surface area contributed by atoms with Crippen molar-refractivity contribution in [3.63, 3.8) is 0 Å². The van der Waals surface area contributed by atoms with Crippen LogP contribution in [0.2, 0.25) is 0 Å². The number of furan rings is 1. The van der Waals surface area contributed by atoms with Gasteiger partial charge in [0.15, 0.2) is 0 Å². The normalized spacial score (nSPS) is 13.9. The number of rotatable bonds is 4. The van der Waals surface area contributed by atoms with E-state index >= 15 is 0 Å². The van der Waals surface area contributed by atoms with E-state index in [-0.39, 0.29) is 5.56 Å². The van der Waals surface area contributed by atoms with Crippen LogP contribution in [0.25, 0.3) is 22.7 Å². The van der Waals surface area contributed by atoms with E-state index in [0.717, 1.165) is 46.9 Å². The van der Waals surface area contributed by atoms with Crippen LogP contribution >= 0.6 is 0 Å². The second-order valence-corrected chi connectivity index (χ2v) is 7.30. The molecular weight excluding hydrogens is 362 g/mol. The second kappa shape index (κ2) is 7.53. The molecule has 2 aromatic carbocycles. The first-order valence-corrected chi connectivity index (χ1v) is 9.80. The fraction of sp³-hybridized carbons (Fsp3) is 0.167.